The molecule has 270 valence electrons. The lowest BCUT2D eigenvalue weighted by Crippen LogP contribution is -2.53. The zero-order chi connectivity index (χ0) is 36.2. The van der Waals surface area contributed by atoms with Gasteiger partial charge in [-0.1, -0.05) is 63.7 Å². The van der Waals surface area contributed by atoms with E-state index in [9.17, 15) is 36.0 Å². The lowest BCUT2D eigenvalue weighted by molar-refractivity contribution is -0.141. The number of Topliss-reactive ketones (excluding diaryl/α,β-unsaturated/α-hetero) is 1. The van der Waals surface area contributed by atoms with Crippen LogP contribution in [0.5, 0.6) is 5.19 Å². The van der Waals surface area contributed by atoms with Crippen LogP contribution in [0.3, 0.4) is 0 Å². The van der Waals surface area contributed by atoms with Gasteiger partial charge in [-0.3, -0.25) is 19.1 Å². The highest BCUT2D eigenvalue weighted by molar-refractivity contribution is 7.90. The molecule has 2 aliphatic carbocycles. The lowest BCUT2D eigenvalue weighted by Gasteiger charge is -2.36. The molecule has 5 atom stereocenters. The second-order valence-electron chi connectivity index (χ2n) is 14.7. The van der Waals surface area contributed by atoms with Gasteiger partial charge in [-0.15, -0.1) is 0 Å². The van der Waals surface area contributed by atoms with Crippen LogP contribution >= 0.6 is 11.3 Å². The molecule has 2 amide bonds. The number of sulfonamides is 1. The van der Waals surface area contributed by atoms with E-state index in [1.165, 1.54) is 28.4 Å². The number of nitrogens with zero attached hydrogens (tertiary/aromatic N) is 2. The Hall–Kier alpha value is -3.72. The summed E-state index contributed by atoms with van der Waals surface area (Å²) in [5, 5.41) is 2.75. The van der Waals surface area contributed by atoms with Gasteiger partial charge in [-0.05, 0) is 60.9 Å². The molecule has 0 bridgehead atoms. The predicted molar refractivity (Wildman–Crippen MR) is 183 cm³/mol. The molecule has 15 heteroatoms. The van der Waals surface area contributed by atoms with E-state index in [1.54, 1.807) is 20.8 Å². The molecule has 1 aromatic heterocycles. The molecule has 0 radical (unpaired) electrons. The highest BCUT2D eigenvalue weighted by Crippen LogP contribution is 2.58. The highest BCUT2D eigenvalue weighted by atomic mass is 32.2. The summed E-state index contributed by atoms with van der Waals surface area (Å²) in [6, 6.07) is 9.98. The Labute approximate surface area is 293 Å². The summed E-state index contributed by atoms with van der Waals surface area (Å²) < 4.78 is 75.3. The summed E-state index contributed by atoms with van der Waals surface area (Å²) in [5.41, 5.74) is -2.07. The average molecular weight is 735 g/mol. The first-order valence-electron chi connectivity index (χ1n) is 16.8. The zero-order valence-corrected chi connectivity index (χ0v) is 29.9. The summed E-state index contributed by atoms with van der Waals surface area (Å²) in [5.74, 6) is -1.82. The van der Waals surface area contributed by atoms with Crippen LogP contribution in [-0.2, 0) is 30.6 Å². The van der Waals surface area contributed by atoms with Crippen molar-refractivity contribution in [1.29, 1.82) is 0 Å². The average Bonchev–Trinajstić information content (AvgIpc) is 3.94. The second-order valence-corrected chi connectivity index (χ2v) is 17.7. The number of thiazole rings is 1. The minimum atomic E-state index is -4.59. The van der Waals surface area contributed by atoms with Crippen LogP contribution in [-0.4, -0.2) is 65.9 Å². The van der Waals surface area contributed by atoms with Crippen LogP contribution < -0.4 is 14.8 Å². The molecule has 3 aliphatic rings. The van der Waals surface area contributed by atoms with E-state index in [0.717, 1.165) is 22.3 Å². The number of rotatable bonds is 12. The number of carbonyl (C=O) groups excluding carboxylic acids is 3. The van der Waals surface area contributed by atoms with Gasteiger partial charge in [-0.2, -0.15) is 13.2 Å². The SMILES string of the molecule is CC[C@@H]1C[C@]1(CC(=O)[C@@H]1C[C@@H](Oc2nc3ccccc3s2)CN1C(=O)[C@@H](Nc1cccc(C(F)(F)F)c1)C(C)(C)C)C(=O)NS(=O)(=O)C1CC1. The number of aromatic nitrogens is 1. The Kier molecular flexibility index (Phi) is 9.46. The third-order valence-corrected chi connectivity index (χ3v) is 12.7. The maximum atomic E-state index is 14.5. The second kappa shape index (κ2) is 13.1. The van der Waals surface area contributed by atoms with Crippen molar-refractivity contribution in [1.82, 2.24) is 14.6 Å². The molecule has 0 unspecified atom stereocenters. The number of hydrogen-bond acceptors (Lipinski definition) is 9. The molecular formula is C35H41F3N4O6S2. The topological polar surface area (TPSA) is 135 Å². The van der Waals surface area contributed by atoms with Gasteiger partial charge in [0, 0.05) is 18.5 Å². The number of hydrogen-bond donors (Lipinski definition) is 2. The Morgan fingerprint density at radius 2 is 1.82 bits per heavy atom. The van der Waals surface area contributed by atoms with Crippen molar-refractivity contribution in [2.24, 2.45) is 16.7 Å². The van der Waals surface area contributed by atoms with Crippen molar-refractivity contribution in [3.05, 3.63) is 54.1 Å². The standard InChI is InChI=1S/C35H41F3N4O6S2/c1-5-20-17-34(20,31(45)41-50(46,47)24-13-14-24)18-27(43)26-16-23(48-32-40-25-11-6-7-12-28(25)49-32)19-42(26)30(44)29(33(2,3)4)39-22-10-8-9-21(15-22)35(36,37)38/h6-12,15,20,23-24,26,29,39H,5,13-14,16-19H2,1-4H3,(H,41,45)/t20-,23-,26+,29-,34-/m1/s1. The first-order chi connectivity index (χ1) is 23.4. The van der Waals surface area contributed by atoms with Gasteiger partial charge in [0.1, 0.15) is 12.1 Å². The molecule has 2 N–H and O–H groups in total. The molecule has 50 heavy (non-hydrogen) atoms. The third-order valence-electron chi connectivity index (χ3n) is 9.94. The third kappa shape index (κ3) is 7.48. The van der Waals surface area contributed by atoms with E-state index in [-0.39, 0.29) is 31.0 Å². The first kappa shape index (κ1) is 36.1. The van der Waals surface area contributed by atoms with Gasteiger partial charge in [0.05, 0.1) is 39.0 Å². The first-order valence-corrected chi connectivity index (χ1v) is 19.1. The molecule has 1 aliphatic heterocycles. The minimum absolute atomic E-state index is 0.00548. The number of likely N-dealkylation sites (tertiary alicyclic amines) is 1. The molecule has 6 rings (SSSR count). The largest absolute Gasteiger partial charge is 0.465 e. The number of nitrogens with one attached hydrogen (secondary N) is 2. The number of alkyl halides is 3. The number of ketones is 1. The molecular weight excluding hydrogens is 694 g/mol. The van der Waals surface area contributed by atoms with Crippen molar-refractivity contribution in [3.8, 4) is 5.19 Å². The quantitative estimate of drug-likeness (QED) is 0.226. The summed E-state index contributed by atoms with van der Waals surface area (Å²) in [7, 11) is -3.84. The van der Waals surface area contributed by atoms with Gasteiger partial charge in [-0.25, -0.2) is 13.4 Å². The van der Waals surface area contributed by atoms with Crippen LogP contribution in [0.15, 0.2) is 48.5 Å². The van der Waals surface area contributed by atoms with E-state index >= 15 is 0 Å². The van der Waals surface area contributed by atoms with Gasteiger partial charge in [0.25, 0.3) is 5.19 Å². The van der Waals surface area contributed by atoms with Crippen LogP contribution in [0.2, 0.25) is 0 Å². The Balaban J connectivity index is 1.28. The van der Waals surface area contributed by atoms with Gasteiger partial charge in [0.2, 0.25) is 21.8 Å². The van der Waals surface area contributed by atoms with Crippen molar-refractivity contribution in [3.63, 3.8) is 0 Å². The fraction of sp³-hybridized carbons (Fsp3) is 0.543. The summed E-state index contributed by atoms with van der Waals surface area (Å²) >= 11 is 1.32. The maximum Gasteiger partial charge on any atom is 0.416 e. The van der Waals surface area contributed by atoms with Crippen molar-refractivity contribution >= 4 is 54.9 Å². The number of para-hydroxylation sites is 1. The number of ether oxygens (including phenoxy) is 1. The fourth-order valence-corrected chi connectivity index (χ4v) is 9.12. The van der Waals surface area contributed by atoms with E-state index < -0.39 is 73.6 Å². The zero-order valence-electron chi connectivity index (χ0n) is 28.2. The van der Waals surface area contributed by atoms with Gasteiger partial charge < -0.3 is 15.0 Å². The fourth-order valence-electron chi connectivity index (χ4n) is 6.85. The normalized spacial score (nSPS) is 24.5. The van der Waals surface area contributed by atoms with Crippen LogP contribution in [0, 0.1) is 16.7 Å². The number of halogens is 3. The van der Waals surface area contributed by atoms with Crippen LogP contribution in [0.25, 0.3) is 10.2 Å². The number of amides is 2. The molecule has 3 fully saturated rings. The molecule has 2 aromatic carbocycles. The maximum absolute atomic E-state index is 14.5. The number of benzene rings is 2. The van der Waals surface area contributed by atoms with E-state index in [4.69, 9.17) is 4.74 Å². The van der Waals surface area contributed by atoms with Crippen LogP contribution in [0.1, 0.15) is 71.8 Å². The van der Waals surface area contributed by atoms with Crippen LogP contribution in [0.4, 0.5) is 18.9 Å². The molecule has 2 saturated carbocycles. The van der Waals surface area contributed by atoms with Gasteiger partial charge in [0.15, 0.2) is 5.78 Å². The van der Waals surface area contributed by atoms with E-state index in [0.29, 0.717) is 30.9 Å². The summed E-state index contributed by atoms with van der Waals surface area (Å²) in [6.07, 6.45) is -3.55. The Morgan fingerprint density at radius 3 is 2.44 bits per heavy atom. The molecule has 3 aromatic rings. The van der Waals surface area contributed by atoms with Crippen molar-refractivity contribution < 1.29 is 40.7 Å². The summed E-state index contributed by atoms with van der Waals surface area (Å²) in [4.78, 5) is 48.2. The molecule has 0 spiro atoms. The lowest BCUT2D eigenvalue weighted by atomic mass is 9.85. The number of fused-ring (bicyclic) bond motifs is 1. The summed E-state index contributed by atoms with van der Waals surface area (Å²) in [6.45, 7) is 7.18. The number of carbonyl (C=O) groups is 3. The Bertz CT molecular complexity index is 1870. The molecule has 2 heterocycles. The number of anilines is 1. The minimum Gasteiger partial charge on any atom is -0.465 e. The predicted octanol–water partition coefficient (Wildman–Crippen LogP) is 6.17. The Morgan fingerprint density at radius 1 is 1.10 bits per heavy atom. The van der Waals surface area contributed by atoms with Crippen molar-refractivity contribution in [2.45, 2.75) is 95.8 Å². The van der Waals surface area contributed by atoms with E-state index in [2.05, 4.69) is 15.0 Å². The van der Waals surface area contributed by atoms with Gasteiger partial charge >= 0.3 is 6.18 Å². The monoisotopic (exact) mass is 734 g/mol. The van der Waals surface area contributed by atoms with E-state index in [1.807, 2.05) is 31.2 Å². The van der Waals surface area contributed by atoms with Crippen molar-refractivity contribution in [2.75, 3.05) is 11.9 Å². The molecule has 10 nitrogen and oxygen atoms in total. The smallest absolute Gasteiger partial charge is 0.416 e. The highest BCUT2D eigenvalue weighted by Gasteiger charge is 2.62. The molecule has 1 saturated heterocycles.